The van der Waals surface area contributed by atoms with Crippen molar-refractivity contribution in [2.24, 2.45) is 0 Å². The number of amides is 1. The van der Waals surface area contributed by atoms with E-state index >= 15 is 0 Å². The van der Waals surface area contributed by atoms with Crippen LogP contribution in [0.25, 0.3) is 21.1 Å². The quantitative estimate of drug-likeness (QED) is 0.535. The fraction of sp³-hybridized carbons (Fsp3) is 0. The van der Waals surface area contributed by atoms with Crippen LogP contribution in [0.3, 0.4) is 0 Å². The molecule has 4 aromatic rings. The van der Waals surface area contributed by atoms with Crippen LogP contribution < -0.4 is 5.32 Å². The highest BCUT2D eigenvalue weighted by Crippen LogP contribution is 2.28. The number of carbonyl (C=O) groups is 1. The van der Waals surface area contributed by atoms with Crippen LogP contribution in [0, 0.1) is 0 Å². The molecule has 0 bridgehead atoms. The predicted octanol–water partition coefficient (Wildman–Crippen LogP) is 5.36. The summed E-state index contributed by atoms with van der Waals surface area (Å²) < 4.78 is 0. The summed E-state index contributed by atoms with van der Waals surface area (Å²) in [7, 11) is 0. The third-order valence-electron chi connectivity index (χ3n) is 3.52. The highest BCUT2D eigenvalue weighted by molar-refractivity contribution is 7.20. The van der Waals surface area contributed by atoms with Gasteiger partial charge >= 0.3 is 0 Å². The molecule has 2 aromatic carbocycles. The summed E-state index contributed by atoms with van der Waals surface area (Å²) >= 11 is 7.33. The van der Waals surface area contributed by atoms with Crippen LogP contribution in [0.1, 0.15) is 9.67 Å². The number of hydrogen-bond acceptors (Lipinski definition) is 3. The van der Waals surface area contributed by atoms with Crippen LogP contribution in [0.4, 0.5) is 5.69 Å². The molecule has 1 amide bonds. The van der Waals surface area contributed by atoms with Crippen LogP contribution in [0.2, 0.25) is 5.02 Å². The highest BCUT2D eigenvalue weighted by atomic mass is 35.5. The van der Waals surface area contributed by atoms with Gasteiger partial charge in [-0.05, 0) is 36.4 Å². The number of halogens is 1. The summed E-state index contributed by atoms with van der Waals surface area (Å²) in [6.07, 6.45) is 0. The Bertz CT molecular complexity index is 989. The van der Waals surface area contributed by atoms with Gasteiger partial charge in [-0.1, -0.05) is 35.9 Å². The van der Waals surface area contributed by atoms with E-state index in [2.05, 4.69) is 16.4 Å². The molecular weight excluding hydrogens is 328 g/mol. The van der Waals surface area contributed by atoms with Gasteiger partial charge in [0.25, 0.3) is 5.91 Å². The molecule has 0 radical (unpaired) electrons. The van der Waals surface area contributed by atoms with Gasteiger partial charge in [0, 0.05) is 21.5 Å². The number of carbonyl (C=O) groups excluding carboxylic acids is 1. The van der Waals surface area contributed by atoms with Crippen LogP contribution in [0.15, 0.2) is 60.7 Å². The average molecular weight is 339 g/mol. The van der Waals surface area contributed by atoms with Crippen molar-refractivity contribution >= 4 is 55.7 Å². The molecule has 0 fully saturated rings. The second-order valence-corrected chi connectivity index (χ2v) is 6.62. The van der Waals surface area contributed by atoms with Crippen molar-refractivity contribution in [2.75, 3.05) is 5.32 Å². The number of para-hydroxylation sites is 1. The molecule has 3 nitrogen and oxygen atoms in total. The average Bonchev–Trinajstić information content (AvgIpc) is 2.95. The Kier molecular flexibility index (Phi) is 3.48. The van der Waals surface area contributed by atoms with E-state index in [0.717, 1.165) is 21.1 Å². The van der Waals surface area contributed by atoms with E-state index in [0.29, 0.717) is 15.6 Å². The van der Waals surface area contributed by atoms with E-state index in [1.54, 1.807) is 18.2 Å². The minimum Gasteiger partial charge on any atom is -0.321 e. The van der Waals surface area contributed by atoms with Crippen LogP contribution in [0.5, 0.6) is 0 Å². The van der Waals surface area contributed by atoms with Crippen molar-refractivity contribution in [3.63, 3.8) is 0 Å². The lowest BCUT2D eigenvalue weighted by Gasteiger charge is -2.03. The molecule has 5 heteroatoms. The third-order valence-corrected chi connectivity index (χ3v) is 4.79. The van der Waals surface area contributed by atoms with Crippen molar-refractivity contribution < 1.29 is 4.79 Å². The van der Waals surface area contributed by atoms with Crippen LogP contribution >= 0.6 is 22.9 Å². The third kappa shape index (κ3) is 2.79. The molecule has 0 spiro atoms. The number of rotatable bonds is 2. The Labute approximate surface area is 141 Å². The molecule has 0 aliphatic carbocycles. The molecule has 0 unspecified atom stereocenters. The molecule has 1 N–H and O–H groups in total. The lowest BCUT2D eigenvalue weighted by molar-refractivity contribution is 0.103. The molecular formula is C18H11ClN2OS. The van der Waals surface area contributed by atoms with Gasteiger partial charge in [0.2, 0.25) is 0 Å². The Morgan fingerprint density at radius 1 is 1.00 bits per heavy atom. The van der Waals surface area contributed by atoms with Crippen LogP contribution in [-0.4, -0.2) is 10.9 Å². The molecule has 0 atom stereocenters. The van der Waals surface area contributed by atoms with Gasteiger partial charge in [0.15, 0.2) is 0 Å². The van der Waals surface area contributed by atoms with Gasteiger partial charge in [0.05, 0.1) is 10.4 Å². The van der Waals surface area contributed by atoms with Crippen molar-refractivity contribution in [1.82, 2.24) is 4.98 Å². The van der Waals surface area contributed by atoms with E-state index in [-0.39, 0.29) is 5.91 Å². The smallest absolute Gasteiger partial charge is 0.265 e. The second-order valence-electron chi connectivity index (χ2n) is 5.15. The van der Waals surface area contributed by atoms with Crippen molar-refractivity contribution in [3.05, 3.63) is 70.6 Å². The number of fused-ring (bicyclic) bond motifs is 2. The van der Waals surface area contributed by atoms with E-state index in [1.165, 1.54) is 11.3 Å². The van der Waals surface area contributed by atoms with Gasteiger partial charge in [-0.15, -0.1) is 11.3 Å². The molecule has 23 heavy (non-hydrogen) atoms. The molecule has 0 saturated heterocycles. The first-order valence-corrected chi connectivity index (χ1v) is 8.25. The van der Waals surface area contributed by atoms with Crippen molar-refractivity contribution in [2.45, 2.75) is 0 Å². The van der Waals surface area contributed by atoms with Gasteiger partial charge < -0.3 is 5.32 Å². The summed E-state index contributed by atoms with van der Waals surface area (Å²) in [5, 5.41) is 5.50. The monoisotopic (exact) mass is 338 g/mol. The van der Waals surface area contributed by atoms with Crippen LogP contribution in [-0.2, 0) is 0 Å². The number of benzene rings is 2. The molecule has 0 aliphatic rings. The SMILES string of the molecule is O=C(Nc1cccc(Cl)c1)c1cc2cc3ccccc3nc2s1. The number of anilines is 1. The number of aromatic nitrogens is 1. The Balaban J connectivity index is 1.70. The maximum atomic E-state index is 12.4. The second kappa shape index (κ2) is 5.65. The lowest BCUT2D eigenvalue weighted by Crippen LogP contribution is -2.09. The zero-order valence-corrected chi connectivity index (χ0v) is 13.5. The summed E-state index contributed by atoms with van der Waals surface area (Å²) in [6, 6.07) is 19.0. The number of pyridine rings is 1. The zero-order valence-electron chi connectivity index (χ0n) is 11.9. The first kappa shape index (κ1) is 14.2. The fourth-order valence-electron chi connectivity index (χ4n) is 2.45. The molecule has 2 heterocycles. The van der Waals surface area contributed by atoms with Crippen molar-refractivity contribution in [3.8, 4) is 0 Å². The number of hydrogen-bond donors (Lipinski definition) is 1. The Hall–Kier alpha value is -2.43. The standard InChI is InChI=1S/C18H11ClN2OS/c19-13-5-3-6-14(10-13)20-17(22)16-9-12-8-11-4-1-2-7-15(11)21-18(12)23-16/h1-10H,(H,20,22). The first-order chi connectivity index (χ1) is 11.2. The number of thiophene rings is 1. The fourth-order valence-corrected chi connectivity index (χ4v) is 3.55. The molecule has 0 aliphatic heterocycles. The summed E-state index contributed by atoms with van der Waals surface area (Å²) in [5.41, 5.74) is 1.61. The normalized spacial score (nSPS) is 11.0. The molecule has 2 aromatic heterocycles. The van der Waals surface area contributed by atoms with Gasteiger partial charge in [0.1, 0.15) is 4.83 Å². The maximum Gasteiger partial charge on any atom is 0.265 e. The minimum absolute atomic E-state index is 0.153. The minimum atomic E-state index is -0.153. The maximum absolute atomic E-state index is 12.4. The Morgan fingerprint density at radius 2 is 1.87 bits per heavy atom. The van der Waals surface area contributed by atoms with Crippen molar-refractivity contribution in [1.29, 1.82) is 0 Å². The number of nitrogens with zero attached hydrogens (tertiary/aromatic N) is 1. The molecule has 4 rings (SSSR count). The topological polar surface area (TPSA) is 42.0 Å². The highest BCUT2D eigenvalue weighted by Gasteiger charge is 2.12. The summed E-state index contributed by atoms with van der Waals surface area (Å²) in [4.78, 5) is 18.5. The Morgan fingerprint density at radius 3 is 2.74 bits per heavy atom. The van der Waals surface area contributed by atoms with E-state index in [4.69, 9.17) is 11.6 Å². The van der Waals surface area contributed by atoms with E-state index in [1.807, 2.05) is 36.4 Å². The van der Waals surface area contributed by atoms with Gasteiger partial charge in [-0.2, -0.15) is 0 Å². The number of nitrogens with one attached hydrogen (secondary N) is 1. The molecule has 0 saturated carbocycles. The predicted molar refractivity (Wildman–Crippen MR) is 96.5 cm³/mol. The molecule has 112 valence electrons. The van der Waals surface area contributed by atoms with E-state index in [9.17, 15) is 4.79 Å². The van der Waals surface area contributed by atoms with Gasteiger partial charge in [-0.25, -0.2) is 4.98 Å². The summed E-state index contributed by atoms with van der Waals surface area (Å²) in [5.74, 6) is -0.153. The zero-order chi connectivity index (χ0) is 15.8. The summed E-state index contributed by atoms with van der Waals surface area (Å²) in [6.45, 7) is 0. The van der Waals surface area contributed by atoms with Gasteiger partial charge in [-0.3, -0.25) is 4.79 Å². The lowest BCUT2D eigenvalue weighted by atomic mass is 10.2. The largest absolute Gasteiger partial charge is 0.321 e. The first-order valence-electron chi connectivity index (χ1n) is 7.05. The van der Waals surface area contributed by atoms with E-state index < -0.39 is 0 Å².